The molecular formula is C23H19N3O4. The lowest BCUT2D eigenvalue weighted by molar-refractivity contribution is -0.136. The monoisotopic (exact) mass is 401 g/mol. The van der Waals surface area contributed by atoms with E-state index in [2.05, 4.69) is 15.8 Å². The Bertz CT molecular complexity index is 1080. The van der Waals surface area contributed by atoms with Gasteiger partial charge in [0.05, 0.1) is 11.8 Å². The maximum atomic E-state index is 12.0. The van der Waals surface area contributed by atoms with Crippen LogP contribution in [0.2, 0.25) is 0 Å². The summed E-state index contributed by atoms with van der Waals surface area (Å²) in [6.07, 6.45) is 1.38. The predicted octanol–water partition coefficient (Wildman–Crippen LogP) is 3.30. The van der Waals surface area contributed by atoms with E-state index in [9.17, 15) is 14.4 Å². The molecule has 7 nitrogen and oxygen atoms in total. The van der Waals surface area contributed by atoms with Crippen molar-refractivity contribution in [2.45, 2.75) is 6.92 Å². The first kappa shape index (κ1) is 20.5. The van der Waals surface area contributed by atoms with Gasteiger partial charge in [0.1, 0.15) is 5.75 Å². The van der Waals surface area contributed by atoms with E-state index in [0.29, 0.717) is 22.6 Å². The second-order valence-electron chi connectivity index (χ2n) is 6.29. The second-order valence-corrected chi connectivity index (χ2v) is 6.29. The van der Waals surface area contributed by atoms with Crippen molar-refractivity contribution in [2.24, 2.45) is 5.10 Å². The largest absolute Gasteiger partial charge is 0.423 e. The van der Waals surface area contributed by atoms with Crippen molar-refractivity contribution in [1.29, 1.82) is 0 Å². The van der Waals surface area contributed by atoms with Crippen molar-refractivity contribution in [1.82, 2.24) is 5.43 Å². The quantitative estimate of drug-likeness (QED) is 0.225. The summed E-state index contributed by atoms with van der Waals surface area (Å²) < 4.78 is 5.29. The molecule has 0 saturated carbocycles. The van der Waals surface area contributed by atoms with Crippen LogP contribution in [-0.4, -0.2) is 24.0 Å². The van der Waals surface area contributed by atoms with Gasteiger partial charge in [0.2, 0.25) is 0 Å². The Morgan fingerprint density at radius 3 is 2.20 bits per heavy atom. The van der Waals surface area contributed by atoms with E-state index in [0.717, 1.165) is 5.56 Å². The highest BCUT2D eigenvalue weighted by Crippen LogP contribution is 2.14. The number of nitrogens with one attached hydrogen (secondary N) is 2. The summed E-state index contributed by atoms with van der Waals surface area (Å²) >= 11 is 0. The van der Waals surface area contributed by atoms with Crippen molar-refractivity contribution in [3.63, 3.8) is 0 Å². The Hall–Kier alpha value is -4.26. The molecule has 0 saturated heterocycles. The summed E-state index contributed by atoms with van der Waals surface area (Å²) in [6, 6.07) is 22.3. The normalized spacial score (nSPS) is 10.4. The molecule has 0 aliphatic heterocycles. The molecule has 0 atom stereocenters. The molecule has 0 aliphatic rings. The number of hydrogen-bond acceptors (Lipinski definition) is 5. The van der Waals surface area contributed by atoms with Gasteiger partial charge in [0, 0.05) is 5.69 Å². The van der Waals surface area contributed by atoms with Crippen molar-refractivity contribution < 1.29 is 19.1 Å². The van der Waals surface area contributed by atoms with Crippen LogP contribution in [0, 0.1) is 6.92 Å². The van der Waals surface area contributed by atoms with E-state index in [-0.39, 0.29) is 0 Å². The number of esters is 1. The lowest BCUT2D eigenvalue weighted by Gasteiger charge is -2.06. The van der Waals surface area contributed by atoms with Gasteiger partial charge in [-0.15, -0.1) is 0 Å². The molecule has 3 rings (SSSR count). The van der Waals surface area contributed by atoms with Crippen LogP contribution in [0.15, 0.2) is 84.0 Å². The Kier molecular flexibility index (Phi) is 6.68. The van der Waals surface area contributed by atoms with E-state index in [1.807, 2.05) is 25.1 Å². The number of hydrazone groups is 1. The van der Waals surface area contributed by atoms with Crippen LogP contribution in [0.1, 0.15) is 21.5 Å². The maximum absolute atomic E-state index is 12.0. The number of amides is 2. The molecule has 0 radical (unpaired) electrons. The average molecular weight is 401 g/mol. The van der Waals surface area contributed by atoms with Crippen molar-refractivity contribution in [3.05, 3.63) is 95.6 Å². The fourth-order valence-corrected chi connectivity index (χ4v) is 2.47. The van der Waals surface area contributed by atoms with E-state index in [1.165, 1.54) is 6.21 Å². The van der Waals surface area contributed by atoms with Crippen molar-refractivity contribution in [3.8, 4) is 5.75 Å². The number of anilines is 1. The zero-order valence-electron chi connectivity index (χ0n) is 16.2. The molecule has 0 fully saturated rings. The molecule has 0 unspecified atom stereocenters. The van der Waals surface area contributed by atoms with Crippen molar-refractivity contribution >= 4 is 29.7 Å². The van der Waals surface area contributed by atoms with Gasteiger partial charge in [-0.2, -0.15) is 5.10 Å². The summed E-state index contributed by atoms with van der Waals surface area (Å²) in [4.78, 5) is 35.8. The first-order valence-corrected chi connectivity index (χ1v) is 9.10. The molecule has 0 spiro atoms. The topological polar surface area (TPSA) is 96.9 Å². The number of aryl methyl sites for hydroxylation is 1. The van der Waals surface area contributed by atoms with Crippen molar-refractivity contribution in [2.75, 3.05) is 5.32 Å². The number of rotatable bonds is 5. The third kappa shape index (κ3) is 5.62. The van der Waals surface area contributed by atoms with Gasteiger partial charge in [-0.3, -0.25) is 9.59 Å². The van der Waals surface area contributed by atoms with Crippen LogP contribution >= 0.6 is 0 Å². The molecule has 7 heteroatoms. The van der Waals surface area contributed by atoms with Crippen LogP contribution < -0.4 is 15.5 Å². The summed E-state index contributed by atoms with van der Waals surface area (Å²) in [6.45, 7) is 1.83. The Labute approximate surface area is 173 Å². The van der Waals surface area contributed by atoms with E-state index >= 15 is 0 Å². The van der Waals surface area contributed by atoms with Gasteiger partial charge in [-0.1, -0.05) is 36.4 Å². The van der Waals surface area contributed by atoms with Crippen LogP contribution in [0.4, 0.5) is 5.69 Å². The van der Waals surface area contributed by atoms with Gasteiger partial charge < -0.3 is 10.1 Å². The van der Waals surface area contributed by atoms with Gasteiger partial charge in [-0.05, 0) is 60.5 Å². The van der Waals surface area contributed by atoms with Crippen LogP contribution in [0.25, 0.3) is 0 Å². The minimum Gasteiger partial charge on any atom is -0.423 e. The molecule has 150 valence electrons. The third-order valence-electron chi connectivity index (χ3n) is 4.08. The minimum atomic E-state index is -0.886. The standard InChI is InChI=1S/C23H19N3O4/c1-16-7-5-6-10-20(16)25-21(27)22(28)26-24-15-17-11-13-19(14-12-17)30-23(29)18-8-3-2-4-9-18/h2-15H,1H3,(H,25,27)(H,26,28)/b24-15-. The van der Waals surface area contributed by atoms with E-state index < -0.39 is 17.8 Å². The molecule has 2 N–H and O–H groups in total. The maximum Gasteiger partial charge on any atom is 0.343 e. The van der Waals surface area contributed by atoms with Crippen LogP contribution in [0.3, 0.4) is 0 Å². The minimum absolute atomic E-state index is 0.377. The molecule has 30 heavy (non-hydrogen) atoms. The third-order valence-corrected chi connectivity index (χ3v) is 4.08. The molecule has 2 amide bonds. The highest BCUT2D eigenvalue weighted by atomic mass is 16.5. The zero-order chi connectivity index (χ0) is 21.3. The lowest BCUT2D eigenvalue weighted by Crippen LogP contribution is -2.32. The first-order valence-electron chi connectivity index (χ1n) is 9.10. The number of benzene rings is 3. The highest BCUT2D eigenvalue weighted by Gasteiger charge is 2.13. The first-order chi connectivity index (χ1) is 14.5. The fourth-order valence-electron chi connectivity index (χ4n) is 2.47. The number of carbonyl (C=O) groups is 3. The number of ether oxygens (including phenoxy) is 1. The fraction of sp³-hybridized carbons (Fsp3) is 0.0435. The molecule has 0 aromatic heterocycles. The van der Waals surface area contributed by atoms with E-state index in [4.69, 9.17) is 4.74 Å². The molecule has 3 aromatic rings. The molecular weight excluding hydrogens is 382 g/mol. The number of carbonyl (C=O) groups excluding carboxylic acids is 3. The Balaban J connectivity index is 1.51. The summed E-state index contributed by atoms with van der Waals surface area (Å²) in [5.74, 6) is -1.78. The predicted molar refractivity (Wildman–Crippen MR) is 113 cm³/mol. The number of nitrogens with zero attached hydrogens (tertiary/aromatic N) is 1. The summed E-state index contributed by atoms with van der Waals surface area (Å²) in [7, 11) is 0. The lowest BCUT2D eigenvalue weighted by atomic mass is 10.2. The summed E-state index contributed by atoms with van der Waals surface area (Å²) in [5.41, 5.74) is 4.67. The molecule has 3 aromatic carbocycles. The van der Waals surface area contributed by atoms with Gasteiger partial charge >= 0.3 is 17.8 Å². The van der Waals surface area contributed by atoms with Gasteiger partial charge in [-0.25, -0.2) is 10.2 Å². The van der Waals surface area contributed by atoms with E-state index in [1.54, 1.807) is 60.7 Å². The Morgan fingerprint density at radius 1 is 0.833 bits per heavy atom. The molecule has 0 heterocycles. The second kappa shape index (κ2) is 9.79. The SMILES string of the molecule is Cc1ccccc1NC(=O)C(=O)N/N=C\c1ccc(OC(=O)c2ccccc2)cc1. The van der Waals surface area contributed by atoms with Gasteiger partial charge in [0.15, 0.2) is 0 Å². The zero-order valence-corrected chi connectivity index (χ0v) is 16.2. The number of para-hydroxylation sites is 1. The van der Waals surface area contributed by atoms with Crippen LogP contribution in [0.5, 0.6) is 5.75 Å². The average Bonchev–Trinajstić information content (AvgIpc) is 2.77. The Morgan fingerprint density at radius 2 is 1.50 bits per heavy atom. The van der Waals surface area contributed by atoms with Crippen LogP contribution in [-0.2, 0) is 9.59 Å². The number of hydrogen-bond donors (Lipinski definition) is 2. The summed E-state index contributed by atoms with van der Waals surface area (Å²) in [5, 5.41) is 6.30. The smallest absolute Gasteiger partial charge is 0.343 e. The molecule has 0 aliphatic carbocycles. The highest BCUT2D eigenvalue weighted by molar-refractivity contribution is 6.39. The van der Waals surface area contributed by atoms with Gasteiger partial charge in [0.25, 0.3) is 0 Å². The molecule has 0 bridgehead atoms.